The molecule has 2 N–H and O–H groups in total. The second kappa shape index (κ2) is 6.95. The van der Waals surface area contributed by atoms with Crippen LogP contribution in [0.1, 0.15) is 28.6 Å². The lowest BCUT2D eigenvalue weighted by Gasteiger charge is -2.25. The Hall–Kier alpha value is -3.02. The summed E-state index contributed by atoms with van der Waals surface area (Å²) in [5.74, 6) is 0.0916. The molecule has 0 fully saturated rings. The fourth-order valence-corrected chi connectivity index (χ4v) is 3.25. The summed E-state index contributed by atoms with van der Waals surface area (Å²) in [6.45, 7) is -0.455. The molecule has 1 aromatic heterocycles. The quantitative estimate of drug-likeness (QED) is 0.714. The van der Waals surface area contributed by atoms with Crippen molar-refractivity contribution in [3.8, 4) is 11.5 Å². The third-order valence-electron chi connectivity index (χ3n) is 4.34. The van der Waals surface area contributed by atoms with Crippen LogP contribution in [0.5, 0.6) is 11.5 Å². The van der Waals surface area contributed by atoms with Crippen LogP contribution in [0.25, 0.3) is 5.76 Å². The van der Waals surface area contributed by atoms with Gasteiger partial charge >= 0.3 is 0 Å². The van der Waals surface area contributed by atoms with Gasteiger partial charge in [0.15, 0.2) is 5.76 Å². The van der Waals surface area contributed by atoms with Crippen LogP contribution in [-0.2, 0) is 6.61 Å². The van der Waals surface area contributed by atoms with E-state index in [9.17, 15) is 15.0 Å². The maximum atomic E-state index is 12.1. The zero-order chi connectivity index (χ0) is 19.0. The highest BCUT2D eigenvalue weighted by Gasteiger charge is 2.29. The molecule has 1 aliphatic heterocycles. The highest BCUT2D eigenvalue weighted by Crippen LogP contribution is 2.43. The van der Waals surface area contributed by atoms with Gasteiger partial charge in [0.2, 0.25) is 11.2 Å². The van der Waals surface area contributed by atoms with E-state index in [4.69, 9.17) is 20.8 Å². The number of rotatable bonds is 3. The Bertz CT molecular complexity index is 1090. The second-order valence-corrected chi connectivity index (χ2v) is 6.54. The molecule has 1 aliphatic rings. The first-order chi connectivity index (χ1) is 13.1. The number of aromatic hydroxyl groups is 1. The van der Waals surface area contributed by atoms with Crippen molar-refractivity contribution in [3.05, 3.63) is 98.6 Å². The molecular formula is C21H15ClO5. The van der Waals surface area contributed by atoms with Gasteiger partial charge in [0.1, 0.15) is 23.9 Å². The lowest BCUT2D eigenvalue weighted by Crippen LogP contribution is -2.13. The molecule has 0 aliphatic carbocycles. The number of hydrogen-bond donors (Lipinski definition) is 2. The fourth-order valence-electron chi connectivity index (χ4n) is 3.07. The van der Waals surface area contributed by atoms with E-state index in [0.717, 1.165) is 11.6 Å². The molecule has 2 heterocycles. The maximum Gasteiger partial charge on any atom is 0.227 e. The summed E-state index contributed by atoms with van der Waals surface area (Å²) in [7, 11) is 0. The van der Waals surface area contributed by atoms with E-state index in [1.807, 2.05) is 30.3 Å². The average Bonchev–Trinajstić information content (AvgIpc) is 2.70. The second-order valence-electron chi connectivity index (χ2n) is 6.11. The minimum Gasteiger partial charge on any atom is -0.502 e. The van der Waals surface area contributed by atoms with Gasteiger partial charge in [-0.15, -0.1) is 0 Å². The summed E-state index contributed by atoms with van der Waals surface area (Å²) in [6.07, 6.45) is 1.76. The minimum absolute atomic E-state index is 0.0341. The van der Waals surface area contributed by atoms with Crippen LogP contribution in [0.3, 0.4) is 0 Å². The topological polar surface area (TPSA) is 79.9 Å². The van der Waals surface area contributed by atoms with Gasteiger partial charge < -0.3 is 19.4 Å². The van der Waals surface area contributed by atoms with E-state index in [2.05, 4.69) is 0 Å². The van der Waals surface area contributed by atoms with Crippen molar-refractivity contribution < 1.29 is 19.4 Å². The van der Waals surface area contributed by atoms with Crippen LogP contribution in [0, 0.1) is 0 Å². The SMILES string of the molecule is O=c1cc(CO)oc(C2C=C(c3ccccc3)Oc3ccc(Cl)cc32)c1O. The first-order valence-electron chi connectivity index (χ1n) is 8.28. The van der Waals surface area contributed by atoms with Gasteiger partial charge in [-0.05, 0) is 24.3 Å². The van der Waals surface area contributed by atoms with Crippen molar-refractivity contribution in [3.63, 3.8) is 0 Å². The summed E-state index contributed by atoms with van der Waals surface area (Å²) in [5.41, 5.74) is 0.865. The van der Waals surface area contributed by atoms with Crippen molar-refractivity contribution >= 4 is 17.4 Å². The molecule has 0 bridgehead atoms. The Labute approximate surface area is 159 Å². The van der Waals surface area contributed by atoms with E-state index in [0.29, 0.717) is 22.1 Å². The summed E-state index contributed by atoms with van der Waals surface area (Å²) in [4.78, 5) is 12.1. The molecule has 0 amide bonds. The average molecular weight is 383 g/mol. The van der Waals surface area contributed by atoms with Gasteiger partial charge in [-0.3, -0.25) is 4.79 Å². The van der Waals surface area contributed by atoms with Crippen molar-refractivity contribution in [2.75, 3.05) is 0 Å². The van der Waals surface area contributed by atoms with E-state index < -0.39 is 23.7 Å². The number of aliphatic hydroxyl groups is 1. The van der Waals surface area contributed by atoms with Crippen LogP contribution in [0.2, 0.25) is 5.02 Å². The first kappa shape index (κ1) is 17.4. The van der Waals surface area contributed by atoms with Crippen molar-refractivity contribution in [1.29, 1.82) is 0 Å². The van der Waals surface area contributed by atoms with Gasteiger partial charge in [0.05, 0.1) is 5.92 Å². The predicted octanol–water partition coefficient (Wildman–Crippen LogP) is 4.06. The molecule has 27 heavy (non-hydrogen) atoms. The summed E-state index contributed by atoms with van der Waals surface area (Å²) in [6, 6.07) is 15.6. The summed E-state index contributed by atoms with van der Waals surface area (Å²) < 4.78 is 11.6. The van der Waals surface area contributed by atoms with E-state index in [1.54, 1.807) is 24.3 Å². The number of fused-ring (bicyclic) bond motifs is 1. The molecule has 136 valence electrons. The normalized spacial score (nSPS) is 15.6. The minimum atomic E-state index is -0.620. The van der Waals surface area contributed by atoms with Gasteiger partial charge in [-0.2, -0.15) is 0 Å². The fraction of sp³-hybridized carbons (Fsp3) is 0.0952. The largest absolute Gasteiger partial charge is 0.502 e. The van der Waals surface area contributed by atoms with Crippen LogP contribution in [0.15, 0.2) is 69.9 Å². The molecule has 1 unspecified atom stereocenters. The van der Waals surface area contributed by atoms with Crippen LogP contribution < -0.4 is 10.2 Å². The van der Waals surface area contributed by atoms with E-state index in [-0.39, 0.29) is 11.5 Å². The van der Waals surface area contributed by atoms with Gasteiger partial charge in [-0.25, -0.2) is 0 Å². The van der Waals surface area contributed by atoms with Crippen LogP contribution in [-0.4, -0.2) is 10.2 Å². The van der Waals surface area contributed by atoms with E-state index in [1.165, 1.54) is 0 Å². The van der Waals surface area contributed by atoms with Crippen molar-refractivity contribution in [1.82, 2.24) is 0 Å². The molecule has 0 saturated carbocycles. The Balaban J connectivity index is 1.94. The van der Waals surface area contributed by atoms with Crippen molar-refractivity contribution in [2.45, 2.75) is 12.5 Å². The van der Waals surface area contributed by atoms with Gasteiger partial charge in [0, 0.05) is 22.2 Å². The Kier molecular flexibility index (Phi) is 4.48. The molecule has 1 atom stereocenters. The Morgan fingerprint density at radius 1 is 1.07 bits per heavy atom. The molecule has 0 saturated heterocycles. The van der Waals surface area contributed by atoms with Crippen LogP contribution in [0.4, 0.5) is 0 Å². The molecule has 5 nitrogen and oxygen atoms in total. The molecule has 3 aromatic rings. The lowest BCUT2D eigenvalue weighted by atomic mass is 9.91. The highest BCUT2D eigenvalue weighted by molar-refractivity contribution is 6.30. The number of benzene rings is 2. The molecule has 0 radical (unpaired) electrons. The number of halogens is 1. The highest BCUT2D eigenvalue weighted by atomic mass is 35.5. The smallest absolute Gasteiger partial charge is 0.227 e. The van der Waals surface area contributed by atoms with Gasteiger partial charge in [0.25, 0.3) is 0 Å². The van der Waals surface area contributed by atoms with E-state index >= 15 is 0 Å². The number of ether oxygens (including phenoxy) is 1. The van der Waals surface area contributed by atoms with Gasteiger partial charge in [-0.1, -0.05) is 41.9 Å². The first-order valence-corrected chi connectivity index (χ1v) is 8.66. The molecule has 4 rings (SSSR count). The monoisotopic (exact) mass is 382 g/mol. The number of hydrogen-bond acceptors (Lipinski definition) is 5. The third kappa shape index (κ3) is 3.23. The Morgan fingerprint density at radius 3 is 2.59 bits per heavy atom. The number of allylic oxidation sites excluding steroid dienone is 1. The predicted molar refractivity (Wildman–Crippen MR) is 101 cm³/mol. The van der Waals surface area contributed by atoms with Crippen LogP contribution >= 0.6 is 11.6 Å². The van der Waals surface area contributed by atoms with Crippen molar-refractivity contribution in [2.24, 2.45) is 0 Å². The number of aliphatic hydroxyl groups excluding tert-OH is 1. The Morgan fingerprint density at radius 2 is 1.85 bits per heavy atom. The lowest BCUT2D eigenvalue weighted by molar-refractivity contribution is 0.234. The standard InChI is InChI=1S/C21H15ClO5/c22-13-6-7-18-15(8-13)16(10-19(27-18)12-4-2-1-3-5-12)21-20(25)17(24)9-14(11-23)26-21/h1-10,16,23,25H,11H2. The third-order valence-corrected chi connectivity index (χ3v) is 4.58. The summed E-state index contributed by atoms with van der Waals surface area (Å²) in [5, 5.41) is 20.2. The maximum absolute atomic E-state index is 12.1. The molecule has 2 aromatic carbocycles. The zero-order valence-electron chi connectivity index (χ0n) is 14.1. The molecule has 0 spiro atoms. The molecular weight excluding hydrogens is 368 g/mol. The summed E-state index contributed by atoms with van der Waals surface area (Å²) >= 11 is 6.14. The molecule has 6 heteroatoms. The zero-order valence-corrected chi connectivity index (χ0v) is 14.8.